The molecule has 1 amide bonds. The zero-order valence-corrected chi connectivity index (χ0v) is 19.1. The van der Waals surface area contributed by atoms with E-state index in [4.69, 9.17) is 4.74 Å². The van der Waals surface area contributed by atoms with Crippen molar-refractivity contribution in [1.82, 2.24) is 20.1 Å². The van der Waals surface area contributed by atoms with Gasteiger partial charge in [0.25, 0.3) is 0 Å². The largest absolute Gasteiger partial charge is 0.497 e. The van der Waals surface area contributed by atoms with Gasteiger partial charge < -0.3 is 10.1 Å². The number of aromatic nitrogens is 3. The average molecular weight is 449 g/mol. The molecule has 166 valence electrons. The van der Waals surface area contributed by atoms with Crippen molar-refractivity contribution < 1.29 is 9.53 Å². The fraction of sp³-hybridized carbons (Fsp3) is 0.320. The molecule has 0 saturated carbocycles. The highest BCUT2D eigenvalue weighted by Crippen LogP contribution is 2.29. The summed E-state index contributed by atoms with van der Waals surface area (Å²) in [5, 5.41) is 12.6. The number of rotatable bonds is 9. The van der Waals surface area contributed by atoms with E-state index in [9.17, 15) is 4.79 Å². The van der Waals surface area contributed by atoms with Gasteiger partial charge in [-0.05, 0) is 56.4 Å². The van der Waals surface area contributed by atoms with Crippen molar-refractivity contribution in [3.63, 3.8) is 0 Å². The number of methoxy groups -OCH3 is 1. The number of amides is 1. The van der Waals surface area contributed by atoms with Crippen molar-refractivity contribution in [2.45, 2.75) is 37.3 Å². The van der Waals surface area contributed by atoms with E-state index in [0.717, 1.165) is 29.8 Å². The number of thioether (sulfide) groups is 1. The number of nitrogens with zero attached hydrogens (tertiary/aromatic N) is 3. The van der Waals surface area contributed by atoms with Crippen LogP contribution in [0.15, 0.2) is 71.4 Å². The Balaban J connectivity index is 1.47. The Morgan fingerprint density at radius 1 is 1.12 bits per heavy atom. The molecule has 0 radical (unpaired) electrons. The summed E-state index contributed by atoms with van der Waals surface area (Å²) in [5.74, 6) is 1.77. The molecule has 1 N–H and O–H groups in total. The number of carbonyl (C=O) groups excluding carboxylic acids is 1. The number of benzene rings is 2. The van der Waals surface area contributed by atoms with Crippen LogP contribution in [0.2, 0.25) is 0 Å². The van der Waals surface area contributed by atoms with Crippen LogP contribution < -0.4 is 10.1 Å². The molecule has 0 saturated heterocycles. The lowest BCUT2D eigenvalue weighted by Crippen LogP contribution is -2.26. The SMILES string of the molecule is COc1cccc(-c2nnc(SCC(=O)NCCC3=CCCCC3)n2-c2ccccc2)c1. The van der Waals surface area contributed by atoms with E-state index in [-0.39, 0.29) is 5.91 Å². The fourth-order valence-electron chi connectivity index (χ4n) is 3.80. The van der Waals surface area contributed by atoms with Crippen LogP contribution in [0.4, 0.5) is 0 Å². The molecule has 1 heterocycles. The lowest BCUT2D eigenvalue weighted by Gasteiger charge is -2.13. The average Bonchev–Trinajstić information content (AvgIpc) is 3.28. The maximum atomic E-state index is 12.4. The van der Waals surface area contributed by atoms with Crippen LogP contribution >= 0.6 is 11.8 Å². The van der Waals surface area contributed by atoms with Gasteiger partial charge in [-0.3, -0.25) is 9.36 Å². The number of carbonyl (C=O) groups is 1. The number of nitrogens with one attached hydrogen (secondary N) is 1. The minimum atomic E-state index is 0.0111. The van der Waals surface area contributed by atoms with Gasteiger partial charge in [0.05, 0.1) is 12.9 Å². The van der Waals surface area contributed by atoms with Crippen molar-refractivity contribution >= 4 is 17.7 Å². The molecule has 0 fully saturated rings. The molecule has 0 atom stereocenters. The maximum absolute atomic E-state index is 12.4. The highest BCUT2D eigenvalue weighted by molar-refractivity contribution is 7.99. The third-order valence-corrected chi connectivity index (χ3v) is 6.39. The molecule has 0 bridgehead atoms. The van der Waals surface area contributed by atoms with Gasteiger partial charge in [-0.15, -0.1) is 10.2 Å². The summed E-state index contributed by atoms with van der Waals surface area (Å²) < 4.78 is 7.36. The summed E-state index contributed by atoms with van der Waals surface area (Å²) >= 11 is 1.39. The zero-order valence-electron chi connectivity index (χ0n) is 18.3. The first-order valence-corrected chi connectivity index (χ1v) is 12.0. The first-order valence-electron chi connectivity index (χ1n) is 11.0. The number of para-hydroxylation sites is 1. The van der Waals surface area contributed by atoms with Crippen molar-refractivity contribution in [1.29, 1.82) is 0 Å². The Morgan fingerprint density at radius 3 is 2.78 bits per heavy atom. The smallest absolute Gasteiger partial charge is 0.230 e. The molecule has 0 spiro atoms. The van der Waals surface area contributed by atoms with E-state index in [0.29, 0.717) is 23.3 Å². The van der Waals surface area contributed by atoms with Gasteiger partial charge in [0.15, 0.2) is 11.0 Å². The lowest BCUT2D eigenvalue weighted by atomic mass is 9.97. The molecular formula is C25H28N4O2S. The van der Waals surface area contributed by atoms with Gasteiger partial charge in [0.1, 0.15) is 5.75 Å². The van der Waals surface area contributed by atoms with Crippen LogP contribution in [-0.4, -0.2) is 40.1 Å². The van der Waals surface area contributed by atoms with Gasteiger partial charge >= 0.3 is 0 Å². The van der Waals surface area contributed by atoms with Gasteiger partial charge in [-0.2, -0.15) is 0 Å². The van der Waals surface area contributed by atoms with Crippen molar-refractivity contribution in [3.05, 3.63) is 66.2 Å². The van der Waals surface area contributed by atoms with E-state index >= 15 is 0 Å². The van der Waals surface area contributed by atoms with Crippen molar-refractivity contribution in [2.24, 2.45) is 0 Å². The summed E-state index contributed by atoms with van der Waals surface area (Å²) in [6.07, 6.45) is 8.15. The highest BCUT2D eigenvalue weighted by atomic mass is 32.2. The summed E-state index contributed by atoms with van der Waals surface area (Å²) in [5.41, 5.74) is 3.32. The molecule has 0 unspecified atom stereocenters. The number of hydrogen-bond donors (Lipinski definition) is 1. The molecule has 4 rings (SSSR count). The zero-order chi connectivity index (χ0) is 22.2. The number of ether oxygens (including phenoxy) is 1. The summed E-state index contributed by atoms with van der Waals surface area (Å²) in [6, 6.07) is 17.7. The molecule has 2 aromatic carbocycles. The third-order valence-electron chi connectivity index (χ3n) is 5.46. The van der Waals surface area contributed by atoms with E-state index in [1.165, 1.54) is 36.6 Å². The molecule has 7 heteroatoms. The quantitative estimate of drug-likeness (QED) is 0.367. The van der Waals surface area contributed by atoms with Gasteiger partial charge in [0, 0.05) is 17.8 Å². The normalized spacial score (nSPS) is 13.5. The first kappa shape index (κ1) is 22.1. The molecule has 1 aliphatic rings. The number of allylic oxidation sites excluding steroid dienone is 1. The van der Waals surface area contributed by atoms with E-state index in [2.05, 4.69) is 21.6 Å². The van der Waals surface area contributed by atoms with E-state index in [1.54, 1.807) is 7.11 Å². The summed E-state index contributed by atoms with van der Waals surface area (Å²) in [6.45, 7) is 0.686. The van der Waals surface area contributed by atoms with Crippen molar-refractivity contribution in [3.8, 4) is 22.8 Å². The Morgan fingerprint density at radius 2 is 2.00 bits per heavy atom. The van der Waals surface area contributed by atoms with Crippen molar-refractivity contribution in [2.75, 3.05) is 19.4 Å². The molecule has 1 aliphatic carbocycles. The fourth-order valence-corrected chi connectivity index (χ4v) is 4.58. The lowest BCUT2D eigenvalue weighted by molar-refractivity contribution is -0.118. The Labute approximate surface area is 193 Å². The van der Waals surface area contributed by atoms with Gasteiger partial charge in [-0.1, -0.05) is 53.7 Å². The van der Waals surface area contributed by atoms with Crippen LogP contribution in [-0.2, 0) is 4.79 Å². The van der Waals surface area contributed by atoms with E-state index < -0.39 is 0 Å². The predicted octanol–water partition coefficient (Wildman–Crippen LogP) is 5.04. The summed E-state index contributed by atoms with van der Waals surface area (Å²) in [7, 11) is 1.64. The monoisotopic (exact) mass is 448 g/mol. The second-order valence-corrected chi connectivity index (χ2v) is 8.65. The Bertz CT molecular complexity index is 1080. The minimum absolute atomic E-state index is 0.0111. The molecule has 32 heavy (non-hydrogen) atoms. The topological polar surface area (TPSA) is 69.0 Å². The standard InChI is InChI=1S/C25H28N4O2S/c1-31-22-14-8-11-20(17-22)24-27-28-25(29(24)21-12-6-3-7-13-21)32-18-23(30)26-16-15-19-9-4-2-5-10-19/h3,6-9,11-14,17H,2,4-5,10,15-16,18H2,1H3,(H,26,30). The van der Waals surface area contributed by atoms with E-state index in [1.807, 2.05) is 59.2 Å². The summed E-state index contributed by atoms with van der Waals surface area (Å²) in [4.78, 5) is 12.4. The van der Waals surface area contributed by atoms with Crippen LogP contribution in [0.3, 0.4) is 0 Å². The molecule has 3 aromatic rings. The highest BCUT2D eigenvalue weighted by Gasteiger charge is 2.17. The van der Waals surface area contributed by atoms with Crippen LogP contribution in [0.1, 0.15) is 32.1 Å². The Kier molecular flexibility index (Phi) is 7.61. The third kappa shape index (κ3) is 5.59. The minimum Gasteiger partial charge on any atom is -0.497 e. The molecule has 1 aromatic heterocycles. The first-order chi connectivity index (χ1) is 15.7. The van der Waals surface area contributed by atoms with Gasteiger partial charge in [0.2, 0.25) is 5.91 Å². The Hall–Kier alpha value is -3.06. The van der Waals surface area contributed by atoms with Crippen LogP contribution in [0.25, 0.3) is 17.1 Å². The molecule has 6 nitrogen and oxygen atoms in total. The second kappa shape index (κ2) is 11.0. The molecule has 0 aliphatic heterocycles. The number of hydrogen-bond acceptors (Lipinski definition) is 5. The second-order valence-electron chi connectivity index (χ2n) is 7.71. The van der Waals surface area contributed by atoms with Crippen LogP contribution in [0, 0.1) is 0 Å². The predicted molar refractivity (Wildman–Crippen MR) is 128 cm³/mol. The van der Waals surface area contributed by atoms with Gasteiger partial charge in [-0.25, -0.2) is 0 Å². The van der Waals surface area contributed by atoms with Crippen LogP contribution in [0.5, 0.6) is 5.75 Å². The molecular weight excluding hydrogens is 420 g/mol. The maximum Gasteiger partial charge on any atom is 0.230 e.